The van der Waals surface area contributed by atoms with Gasteiger partial charge in [-0.2, -0.15) is 0 Å². The highest BCUT2D eigenvalue weighted by molar-refractivity contribution is 5.75. The first-order valence-corrected chi connectivity index (χ1v) is 9.32. The van der Waals surface area contributed by atoms with Crippen LogP contribution in [-0.2, 0) is 6.54 Å². The summed E-state index contributed by atoms with van der Waals surface area (Å²) in [4.78, 5) is 19.2. The van der Waals surface area contributed by atoms with Gasteiger partial charge in [-0.05, 0) is 50.2 Å². The fourth-order valence-corrected chi connectivity index (χ4v) is 3.77. The number of amides is 2. The fourth-order valence-electron chi connectivity index (χ4n) is 3.77. The van der Waals surface area contributed by atoms with Gasteiger partial charge in [-0.3, -0.25) is 9.88 Å². The third kappa shape index (κ3) is 4.70. The molecule has 2 fully saturated rings. The van der Waals surface area contributed by atoms with Crippen molar-refractivity contribution < 1.29 is 9.90 Å². The number of aromatic nitrogens is 1. The second-order valence-corrected chi connectivity index (χ2v) is 7.88. The number of piperidine rings is 1. The van der Waals surface area contributed by atoms with Crippen molar-refractivity contribution in [1.29, 1.82) is 0 Å². The van der Waals surface area contributed by atoms with Gasteiger partial charge in [0.25, 0.3) is 0 Å². The zero-order chi connectivity index (χ0) is 17.9. The van der Waals surface area contributed by atoms with E-state index >= 15 is 0 Å². The van der Waals surface area contributed by atoms with Crippen LogP contribution in [0, 0.1) is 11.8 Å². The molecule has 3 rings (SSSR count). The maximum atomic E-state index is 12.4. The number of urea groups is 1. The molecule has 1 aromatic rings. The molecule has 138 valence electrons. The summed E-state index contributed by atoms with van der Waals surface area (Å²) in [6, 6.07) is 6.02. The van der Waals surface area contributed by atoms with Crippen LogP contribution >= 0.6 is 0 Å². The van der Waals surface area contributed by atoms with E-state index in [0.717, 1.165) is 44.6 Å². The van der Waals surface area contributed by atoms with Gasteiger partial charge in [0.05, 0.1) is 17.8 Å². The monoisotopic (exact) mass is 346 g/mol. The number of aliphatic hydroxyl groups excluding tert-OH is 1. The lowest BCUT2D eigenvalue weighted by molar-refractivity contribution is 0.131. The molecule has 0 radical (unpaired) electrons. The Morgan fingerprint density at radius 2 is 2.20 bits per heavy atom. The van der Waals surface area contributed by atoms with Crippen molar-refractivity contribution in [2.75, 3.05) is 19.7 Å². The van der Waals surface area contributed by atoms with Gasteiger partial charge >= 0.3 is 6.03 Å². The molecule has 6 nitrogen and oxygen atoms in total. The van der Waals surface area contributed by atoms with Crippen molar-refractivity contribution in [1.82, 2.24) is 20.5 Å². The highest BCUT2D eigenvalue weighted by Gasteiger charge is 2.42. The van der Waals surface area contributed by atoms with Gasteiger partial charge in [0.15, 0.2) is 0 Å². The number of hydrogen-bond donors (Lipinski definition) is 3. The molecule has 1 aliphatic heterocycles. The highest BCUT2D eigenvalue weighted by atomic mass is 16.3. The van der Waals surface area contributed by atoms with E-state index in [9.17, 15) is 9.90 Å². The van der Waals surface area contributed by atoms with Gasteiger partial charge in [-0.1, -0.05) is 13.0 Å². The number of carbonyl (C=O) groups excluding carboxylic acids is 1. The van der Waals surface area contributed by atoms with Gasteiger partial charge in [-0.25, -0.2) is 4.79 Å². The normalized spacial score (nSPS) is 26.7. The summed E-state index contributed by atoms with van der Waals surface area (Å²) in [5, 5.41) is 15.7. The highest BCUT2D eigenvalue weighted by Crippen LogP contribution is 2.39. The van der Waals surface area contributed by atoms with Crippen LogP contribution in [-0.4, -0.2) is 52.3 Å². The van der Waals surface area contributed by atoms with Crippen molar-refractivity contribution in [2.24, 2.45) is 11.8 Å². The molecule has 1 saturated heterocycles. The molecule has 3 atom stereocenters. The Bertz CT molecular complexity index is 578. The van der Waals surface area contributed by atoms with E-state index in [2.05, 4.69) is 33.5 Å². The minimum atomic E-state index is -0.493. The van der Waals surface area contributed by atoms with Crippen LogP contribution < -0.4 is 10.6 Å². The Balaban J connectivity index is 1.47. The number of likely N-dealkylation sites (tertiary alicyclic amines) is 1. The third-order valence-corrected chi connectivity index (χ3v) is 5.62. The van der Waals surface area contributed by atoms with E-state index in [1.165, 1.54) is 0 Å². The van der Waals surface area contributed by atoms with E-state index in [1.54, 1.807) is 0 Å². The molecule has 0 aromatic carbocycles. The predicted octanol–water partition coefficient (Wildman–Crippen LogP) is 1.75. The first-order valence-electron chi connectivity index (χ1n) is 9.32. The summed E-state index contributed by atoms with van der Waals surface area (Å²) >= 11 is 0. The molecule has 3 unspecified atom stereocenters. The molecular weight excluding hydrogens is 316 g/mol. The molecule has 2 amide bonds. The van der Waals surface area contributed by atoms with E-state index in [4.69, 9.17) is 0 Å². The fraction of sp³-hybridized carbons (Fsp3) is 0.684. The van der Waals surface area contributed by atoms with E-state index in [0.29, 0.717) is 11.8 Å². The molecular formula is C19H30N4O2. The Hall–Kier alpha value is -1.66. The first kappa shape index (κ1) is 18.1. The summed E-state index contributed by atoms with van der Waals surface area (Å²) in [5.74, 6) is 0.783. The first-order chi connectivity index (χ1) is 12.0. The predicted molar refractivity (Wildman–Crippen MR) is 97.0 cm³/mol. The number of hydrogen-bond acceptors (Lipinski definition) is 4. The SMILES string of the molecule is CC1CN(Cc2ccccn2)CCC1NC(=O)NC(C)(CO)C1CC1. The molecule has 0 spiro atoms. The molecule has 0 bridgehead atoms. The zero-order valence-electron chi connectivity index (χ0n) is 15.2. The average molecular weight is 346 g/mol. The maximum Gasteiger partial charge on any atom is 0.315 e. The van der Waals surface area contributed by atoms with Gasteiger partial charge in [0.1, 0.15) is 0 Å². The van der Waals surface area contributed by atoms with E-state index in [-0.39, 0.29) is 18.7 Å². The molecule has 3 N–H and O–H groups in total. The zero-order valence-corrected chi connectivity index (χ0v) is 15.2. The summed E-state index contributed by atoms with van der Waals surface area (Å²) in [5.41, 5.74) is 0.592. The minimum Gasteiger partial charge on any atom is -0.394 e. The quantitative estimate of drug-likeness (QED) is 0.733. The second-order valence-electron chi connectivity index (χ2n) is 7.88. The smallest absolute Gasteiger partial charge is 0.315 e. The molecule has 1 aliphatic carbocycles. The van der Waals surface area contributed by atoms with Crippen molar-refractivity contribution in [3.05, 3.63) is 30.1 Å². The summed E-state index contributed by atoms with van der Waals surface area (Å²) in [6.07, 6.45) is 4.93. The number of rotatable bonds is 6. The Labute approximate surface area is 150 Å². The minimum absolute atomic E-state index is 0.0108. The van der Waals surface area contributed by atoms with Crippen molar-refractivity contribution in [3.8, 4) is 0 Å². The molecule has 25 heavy (non-hydrogen) atoms. The lowest BCUT2D eigenvalue weighted by atomic mass is 9.93. The lowest BCUT2D eigenvalue weighted by Gasteiger charge is -2.38. The molecule has 6 heteroatoms. The van der Waals surface area contributed by atoms with E-state index in [1.807, 2.05) is 25.3 Å². The van der Waals surface area contributed by atoms with Crippen LogP contribution in [0.25, 0.3) is 0 Å². The number of pyridine rings is 1. The van der Waals surface area contributed by atoms with Gasteiger partial charge in [0, 0.05) is 31.9 Å². The van der Waals surface area contributed by atoms with Crippen LogP contribution in [0.5, 0.6) is 0 Å². The van der Waals surface area contributed by atoms with Crippen molar-refractivity contribution >= 4 is 6.03 Å². The standard InChI is InChI=1S/C19H30N4O2/c1-14-11-23(12-16-5-3-4-9-20-16)10-8-17(14)21-18(25)22-19(2,13-24)15-6-7-15/h3-5,9,14-15,17,24H,6-8,10-13H2,1-2H3,(H2,21,22,25). The number of nitrogens with zero attached hydrogens (tertiary/aromatic N) is 2. The van der Waals surface area contributed by atoms with Crippen molar-refractivity contribution in [3.63, 3.8) is 0 Å². The average Bonchev–Trinajstić information content (AvgIpc) is 3.44. The van der Waals surface area contributed by atoms with Gasteiger partial charge in [0.2, 0.25) is 0 Å². The molecule has 2 aliphatic rings. The maximum absolute atomic E-state index is 12.4. The molecule has 1 saturated carbocycles. The Morgan fingerprint density at radius 3 is 2.80 bits per heavy atom. The summed E-state index contributed by atoms with van der Waals surface area (Å²) in [7, 11) is 0. The summed E-state index contributed by atoms with van der Waals surface area (Å²) < 4.78 is 0. The van der Waals surface area contributed by atoms with Crippen LogP contribution in [0.1, 0.15) is 38.8 Å². The Kier molecular flexibility index (Phi) is 5.59. The van der Waals surface area contributed by atoms with Crippen LogP contribution in [0.15, 0.2) is 24.4 Å². The second kappa shape index (κ2) is 7.70. The molecule has 1 aromatic heterocycles. The third-order valence-electron chi connectivity index (χ3n) is 5.62. The number of nitrogens with one attached hydrogen (secondary N) is 2. The van der Waals surface area contributed by atoms with Crippen molar-refractivity contribution in [2.45, 2.75) is 51.2 Å². The van der Waals surface area contributed by atoms with Crippen LogP contribution in [0.3, 0.4) is 0 Å². The van der Waals surface area contributed by atoms with Crippen LogP contribution in [0.2, 0.25) is 0 Å². The van der Waals surface area contributed by atoms with Crippen LogP contribution in [0.4, 0.5) is 4.79 Å². The topological polar surface area (TPSA) is 77.5 Å². The number of carbonyl (C=O) groups is 1. The van der Waals surface area contributed by atoms with Gasteiger partial charge in [-0.15, -0.1) is 0 Å². The lowest BCUT2D eigenvalue weighted by Crippen LogP contribution is -2.58. The molecule has 2 heterocycles. The number of aliphatic hydroxyl groups is 1. The van der Waals surface area contributed by atoms with Gasteiger partial charge < -0.3 is 15.7 Å². The largest absolute Gasteiger partial charge is 0.394 e. The summed E-state index contributed by atoms with van der Waals surface area (Å²) in [6.45, 7) is 6.86. The Morgan fingerprint density at radius 1 is 1.40 bits per heavy atom. The van der Waals surface area contributed by atoms with E-state index < -0.39 is 5.54 Å².